The number of nitrogens with one attached hydrogen (secondary N) is 2. The molecule has 30 heavy (non-hydrogen) atoms. The number of rotatable bonds is 6. The third-order valence-corrected chi connectivity index (χ3v) is 6.45. The van der Waals surface area contributed by atoms with E-state index in [1.54, 1.807) is 4.90 Å². The smallest absolute Gasteiger partial charge is 0.245 e. The van der Waals surface area contributed by atoms with Gasteiger partial charge in [0.05, 0.1) is 6.54 Å². The summed E-state index contributed by atoms with van der Waals surface area (Å²) in [6, 6.07) is 0.0660. The van der Waals surface area contributed by atoms with Gasteiger partial charge < -0.3 is 20.0 Å². The fraction of sp³-hybridized carbons (Fsp3) is 0.810. The van der Waals surface area contributed by atoms with Crippen LogP contribution in [0.1, 0.15) is 51.4 Å². The van der Waals surface area contributed by atoms with Crippen molar-refractivity contribution >= 4 is 17.8 Å². The second-order valence-electron chi connectivity index (χ2n) is 8.57. The molecule has 2 atom stereocenters. The maximum Gasteiger partial charge on any atom is 0.245 e. The minimum atomic E-state index is -0.465. The summed E-state index contributed by atoms with van der Waals surface area (Å²) in [5.41, 5.74) is 0. The quantitative estimate of drug-likeness (QED) is 0.282. The molecule has 3 rings (SSSR count). The Morgan fingerprint density at radius 1 is 1.13 bits per heavy atom. The van der Waals surface area contributed by atoms with E-state index in [-0.39, 0.29) is 18.4 Å². The van der Waals surface area contributed by atoms with Crippen molar-refractivity contribution < 1.29 is 9.59 Å². The van der Waals surface area contributed by atoms with Gasteiger partial charge >= 0.3 is 0 Å². The van der Waals surface area contributed by atoms with Crippen LogP contribution in [0.2, 0.25) is 0 Å². The van der Waals surface area contributed by atoms with Crippen molar-refractivity contribution in [3.63, 3.8) is 0 Å². The van der Waals surface area contributed by atoms with Gasteiger partial charge in [-0.2, -0.15) is 5.26 Å². The second kappa shape index (κ2) is 11.2. The van der Waals surface area contributed by atoms with E-state index in [1.807, 2.05) is 11.1 Å². The Hall–Kier alpha value is -2.34. The van der Waals surface area contributed by atoms with Crippen LogP contribution in [-0.4, -0.2) is 90.9 Å². The van der Waals surface area contributed by atoms with Gasteiger partial charge in [0.1, 0.15) is 6.04 Å². The summed E-state index contributed by atoms with van der Waals surface area (Å²) < 4.78 is 0. The van der Waals surface area contributed by atoms with Gasteiger partial charge in [-0.25, -0.2) is 0 Å². The van der Waals surface area contributed by atoms with Crippen LogP contribution in [0.25, 0.3) is 0 Å². The van der Waals surface area contributed by atoms with Gasteiger partial charge in [0.15, 0.2) is 6.19 Å². The van der Waals surface area contributed by atoms with Crippen molar-refractivity contribution in [2.45, 2.75) is 63.5 Å². The van der Waals surface area contributed by atoms with Crippen LogP contribution in [-0.2, 0) is 9.59 Å². The first-order chi connectivity index (χ1) is 14.6. The summed E-state index contributed by atoms with van der Waals surface area (Å²) in [7, 11) is 2.14. The third-order valence-electron chi connectivity index (χ3n) is 6.45. The Morgan fingerprint density at radius 3 is 2.60 bits per heavy atom. The zero-order valence-corrected chi connectivity index (χ0v) is 18.1. The lowest BCUT2D eigenvalue weighted by Gasteiger charge is -2.27. The van der Waals surface area contributed by atoms with Gasteiger partial charge in [0.25, 0.3) is 0 Å². The molecule has 166 valence electrons. The lowest BCUT2D eigenvalue weighted by molar-refractivity contribution is -0.140. The number of guanidine groups is 1. The van der Waals surface area contributed by atoms with Gasteiger partial charge in [-0.1, -0.05) is 0 Å². The second-order valence-corrected chi connectivity index (χ2v) is 8.57. The minimum Gasteiger partial charge on any atom is -0.344 e. The highest BCUT2D eigenvalue weighted by Crippen LogP contribution is 2.18. The Kier molecular flexibility index (Phi) is 8.31. The molecular formula is C21H35N7O2. The number of likely N-dealkylation sites (tertiary alicyclic amines) is 3. The topological polar surface area (TPSA) is 104 Å². The van der Waals surface area contributed by atoms with E-state index < -0.39 is 6.04 Å². The van der Waals surface area contributed by atoms with Crippen molar-refractivity contribution in [1.82, 2.24) is 25.3 Å². The van der Waals surface area contributed by atoms with E-state index in [9.17, 15) is 9.59 Å². The van der Waals surface area contributed by atoms with Crippen LogP contribution in [0, 0.1) is 11.5 Å². The van der Waals surface area contributed by atoms with E-state index in [1.165, 1.54) is 12.8 Å². The largest absolute Gasteiger partial charge is 0.344 e. The zero-order valence-electron chi connectivity index (χ0n) is 18.1. The predicted octanol–water partition coefficient (Wildman–Crippen LogP) is 0.490. The van der Waals surface area contributed by atoms with E-state index in [0.29, 0.717) is 31.5 Å². The van der Waals surface area contributed by atoms with Crippen LogP contribution in [0.3, 0.4) is 0 Å². The Bertz CT molecular complexity index is 669. The van der Waals surface area contributed by atoms with Gasteiger partial charge in [-0.15, -0.1) is 0 Å². The Morgan fingerprint density at radius 2 is 1.90 bits per heavy atom. The molecule has 0 bridgehead atoms. The molecule has 2 N–H and O–H groups in total. The molecule has 0 saturated carbocycles. The molecule has 2 amide bonds. The van der Waals surface area contributed by atoms with Crippen LogP contribution in [0.4, 0.5) is 0 Å². The number of amides is 2. The average molecular weight is 418 g/mol. The van der Waals surface area contributed by atoms with E-state index >= 15 is 0 Å². The van der Waals surface area contributed by atoms with E-state index in [2.05, 4.69) is 27.6 Å². The monoisotopic (exact) mass is 417 g/mol. The fourth-order valence-electron chi connectivity index (χ4n) is 4.63. The van der Waals surface area contributed by atoms with Crippen LogP contribution >= 0.6 is 0 Å². The number of aliphatic imine (C=N–C) groups is 1. The molecule has 9 nitrogen and oxygen atoms in total. The zero-order chi connectivity index (χ0) is 21.3. The van der Waals surface area contributed by atoms with Crippen molar-refractivity contribution in [3.8, 4) is 6.19 Å². The first-order valence-corrected chi connectivity index (χ1v) is 11.3. The van der Waals surface area contributed by atoms with Crippen molar-refractivity contribution in [3.05, 3.63) is 0 Å². The fourth-order valence-corrected chi connectivity index (χ4v) is 4.63. The number of hydrogen-bond donors (Lipinski definition) is 2. The van der Waals surface area contributed by atoms with Crippen molar-refractivity contribution in [1.29, 1.82) is 5.26 Å². The summed E-state index contributed by atoms with van der Waals surface area (Å²) in [4.78, 5) is 36.0. The lowest BCUT2D eigenvalue weighted by atomic mass is 10.1. The number of nitrogens with zero attached hydrogens (tertiary/aromatic N) is 5. The van der Waals surface area contributed by atoms with E-state index in [0.717, 1.165) is 51.7 Å². The van der Waals surface area contributed by atoms with Gasteiger partial charge in [0.2, 0.25) is 17.8 Å². The van der Waals surface area contributed by atoms with Crippen molar-refractivity contribution in [2.75, 3.05) is 46.3 Å². The number of carbonyl (C=O) groups excluding carboxylic acids is 2. The van der Waals surface area contributed by atoms with Crippen LogP contribution < -0.4 is 10.6 Å². The van der Waals surface area contributed by atoms with Gasteiger partial charge in [-0.3, -0.25) is 19.9 Å². The van der Waals surface area contributed by atoms with Crippen molar-refractivity contribution in [2.24, 2.45) is 4.99 Å². The summed E-state index contributed by atoms with van der Waals surface area (Å²) in [5, 5.41) is 14.8. The Balaban J connectivity index is 1.56. The maximum atomic E-state index is 13.1. The average Bonchev–Trinajstić information content (AvgIpc) is 3.37. The molecule has 9 heteroatoms. The Labute approximate surface area is 179 Å². The molecular weight excluding hydrogens is 382 g/mol. The molecule has 0 aliphatic carbocycles. The molecule has 3 saturated heterocycles. The summed E-state index contributed by atoms with van der Waals surface area (Å²) in [6.45, 7) is 4.05. The number of carbonyl (C=O) groups is 2. The van der Waals surface area contributed by atoms with Gasteiger partial charge in [-0.05, 0) is 65.0 Å². The standard InChI is InChI=1S/C21H35N7O2/c1-26-11-6-7-17(26)9-10-23-21(24-16-22)25-18-8-2-3-14-28(20(18)30)15-19(29)27-12-4-5-13-27/h17-18H,2-15H2,1H3,(H2,23,24,25). The first kappa shape index (κ1) is 22.3. The molecule has 0 spiro atoms. The number of hydrogen-bond acceptors (Lipinski definition) is 5. The summed E-state index contributed by atoms with van der Waals surface area (Å²) in [6.07, 6.45) is 9.78. The highest BCUT2D eigenvalue weighted by molar-refractivity contribution is 5.92. The molecule has 0 radical (unpaired) electrons. The molecule has 3 heterocycles. The lowest BCUT2D eigenvalue weighted by Crippen LogP contribution is -2.52. The molecule has 2 unspecified atom stereocenters. The SMILES string of the molecule is CN1CCCC1CCN=C(NC#N)NC1CCCCN(CC(=O)N2CCCC2)C1=O. The third kappa shape index (κ3) is 6.08. The van der Waals surface area contributed by atoms with Gasteiger partial charge in [0, 0.05) is 32.2 Å². The predicted molar refractivity (Wildman–Crippen MR) is 114 cm³/mol. The molecule has 0 aromatic carbocycles. The highest BCUT2D eigenvalue weighted by Gasteiger charge is 2.30. The molecule has 3 fully saturated rings. The minimum absolute atomic E-state index is 0.0335. The van der Waals surface area contributed by atoms with E-state index in [4.69, 9.17) is 5.26 Å². The normalized spacial score (nSPS) is 25.9. The summed E-state index contributed by atoms with van der Waals surface area (Å²) >= 11 is 0. The number of nitriles is 1. The maximum absolute atomic E-state index is 13.1. The molecule has 0 aromatic rings. The first-order valence-electron chi connectivity index (χ1n) is 11.3. The molecule has 3 aliphatic heterocycles. The molecule has 0 aromatic heterocycles. The molecule has 3 aliphatic rings. The summed E-state index contributed by atoms with van der Waals surface area (Å²) in [5.74, 6) is 0.304. The van der Waals surface area contributed by atoms with Crippen LogP contribution in [0.5, 0.6) is 0 Å². The van der Waals surface area contributed by atoms with Crippen LogP contribution in [0.15, 0.2) is 4.99 Å². The highest BCUT2D eigenvalue weighted by atomic mass is 16.2.